The van der Waals surface area contributed by atoms with Crippen molar-refractivity contribution in [3.63, 3.8) is 0 Å². The van der Waals surface area contributed by atoms with Crippen molar-refractivity contribution in [1.82, 2.24) is 14.7 Å². The quantitative estimate of drug-likeness (QED) is 0.713. The maximum atomic E-state index is 12.2. The summed E-state index contributed by atoms with van der Waals surface area (Å²) in [5, 5.41) is 0.117. The van der Waals surface area contributed by atoms with E-state index in [9.17, 15) is 8.42 Å². The molecule has 114 valence electrons. The van der Waals surface area contributed by atoms with Gasteiger partial charge in [0.05, 0.1) is 6.20 Å². The van der Waals surface area contributed by atoms with Crippen LogP contribution in [0.25, 0.3) is 0 Å². The third-order valence-electron chi connectivity index (χ3n) is 3.94. The van der Waals surface area contributed by atoms with Gasteiger partial charge in [-0.1, -0.05) is 32.6 Å². The third kappa shape index (κ3) is 3.80. The van der Waals surface area contributed by atoms with Crippen molar-refractivity contribution < 1.29 is 8.42 Å². The van der Waals surface area contributed by atoms with Crippen LogP contribution in [0.4, 0.5) is 0 Å². The van der Waals surface area contributed by atoms with E-state index >= 15 is 0 Å². The fourth-order valence-electron chi connectivity index (χ4n) is 2.59. The maximum absolute atomic E-state index is 12.2. The molecule has 1 aliphatic carbocycles. The van der Waals surface area contributed by atoms with Gasteiger partial charge in [0.15, 0.2) is 5.03 Å². The van der Waals surface area contributed by atoms with Crippen molar-refractivity contribution in [2.24, 2.45) is 5.73 Å². The lowest BCUT2D eigenvalue weighted by atomic mass is 9.92. The van der Waals surface area contributed by atoms with Crippen LogP contribution in [-0.4, -0.2) is 30.5 Å². The Balaban J connectivity index is 2.01. The summed E-state index contributed by atoms with van der Waals surface area (Å²) in [5.41, 5.74) is 5.90. The Kier molecular flexibility index (Phi) is 4.82. The van der Waals surface area contributed by atoms with E-state index in [1.54, 1.807) is 0 Å². The lowest BCUT2D eigenvalue weighted by Crippen LogP contribution is -2.49. The third-order valence-corrected chi connectivity index (χ3v) is 5.25. The molecule has 2 rings (SSSR count). The van der Waals surface area contributed by atoms with Crippen molar-refractivity contribution in [2.75, 3.05) is 6.54 Å². The molecule has 1 fully saturated rings. The van der Waals surface area contributed by atoms with E-state index in [2.05, 4.69) is 14.7 Å². The highest BCUT2D eigenvalue weighted by Gasteiger charge is 2.28. The van der Waals surface area contributed by atoms with Gasteiger partial charge in [0.25, 0.3) is 10.0 Å². The molecular formula is C13H24N4O2S. The summed E-state index contributed by atoms with van der Waals surface area (Å²) in [6.07, 6.45) is 8.30. The number of nitrogens with one attached hydrogen (secondary N) is 2. The highest BCUT2D eigenvalue weighted by molar-refractivity contribution is 7.89. The molecule has 20 heavy (non-hydrogen) atoms. The van der Waals surface area contributed by atoms with Gasteiger partial charge in [-0.2, -0.15) is 0 Å². The summed E-state index contributed by atoms with van der Waals surface area (Å²) in [6.45, 7) is 2.21. The molecule has 1 aliphatic rings. The molecule has 6 nitrogen and oxygen atoms in total. The highest BCUT2D eigenvalue weighted by Crippen LogP contribution is 2.24. The van der Waals surface area contributed by atoms with Crippen LogP contribution in [0.1, 0.15) is 51.3 Å². The van der Waals surface area contributed by atoms with Crippen LogP contribution in [0.15, 0.2) is 11.2 Å². The fraction of sp³-hybridized carbons (Fsp3) is 0.769. The maximum Gasteiger partial charge on any atom is 0.257 e. The van der Waals surface area contributed by atoms with Gasteiger partial charge in [0.1, 0.15) is 5.82 Å². The van der Waals surface area contributed by atoms with Crippen LogP contribution < -0.4 is 10.5 Å². The van der Waals surface area contributed by atoms with Crippen LogP contribution in [0.5, 0.6) is 0 Å². The Morgan fingerprint density at radius 1 is 1.35 bits per heavy atom. The van der Waals surface area contributed by atoms with Crippen molar-refractivity contribution in [2.45, 2.75) is 62.4 Å². The summed E-state index contributed by atoms with van der Waals surface area (Å²) in [6, 6.07) is 0. The number of aryl methyl sites for hydroxylation is 1. The summed E-state index contributed by atoms with van der Waals surface area (Å²) in [5.74, 6) is 0.669. The SMILES string of the molecule is CCc1ncc(S(=O)(=O)NCC2(N)CCCCCC2)[nH]1. The molecule has 0 bridgehead atoms. The predicted octanol–water partition coefficient (Wildman–Crippen LogP) is 1.30. The van der Waals surface area contributed by atoms with E-state index in [0.717, 1.165) is 25.7 Å². The van der Waals surface area contributed by atoms with E-state index in [1.807, 2.05) is 6.92 Å². The zero-order valence-corrected chi connectivity index (χ0v) is 12.8. The monoisotopic (exact) mass is 300 g/mol. The molecule has 0 atom stereocenters. The number of imidazole rings is 1. The lowest BCUT2D eigenvalue weighted by Gasteiger charge is -2.28. The van der Waals surface area contributed by atoms with Crippen molar-refractivity contribution in [1.29, 1.82) is 0 Å². The first-order valence-corrected chi connectivity index (χ1v) is 8.76. The number of hydrogen-bond donors (Lipinski definition) is 3. The Morgan fingerprint density at radius 2 is 2.00 bits per heavy atom. The number of sulfonamides is 1. The van der Waals surface area contributed by atoms with Crippen molar-refractivity contribution in [3.8, 4) is 0 Å². The molecule has 0 unspecified atom stereocenters. The molecule has 0 aromatic carbocycles. The number of aromatic nitrogens is 2. The first-order valence-electron chi connectivity index (χ1n) is 7.28. The Labute approximate surface area is 120 Å². The van der Waals surface area contributed by atoms with E-state index in [-0.39, 0.29) is 11.6 Å². The van der Waals surface area contributed by atoms with Crippen LogP contribution in [-0.2, 0) is 16.4 Å². The minimum absolute atomic E-state index is 0.117. The molecule has 4 N–H and O–H groups in total. The molecule has 7 heteroatoms. The molecular weight excluding hydrogens is 276 g/mol. The average molecular weight is 300 g/mol. The second-order valence-corrected chi connectivity index (χ2v) is 7.38. The second-order valence-electron chi connectivity index (χ2n) is 5.65. The first kappa shape index (κ1) is 15.5. The molecule has 0 radical (unpaired) electrons. The van der Waals surface area contributed by atoms with Crippen LogP contribution in [0.3, 0.4) is 0 Å². The van der Waals surface area contributed by atoms with Gasteiger partial charge in [0, 0.05) is 18.5 Å². The number of aromatic amines is 1. The lowest BCUT2D eigenvalue weighted by molar-refractivity contribution is 0.369. The number of hydrogen-bond acceptors (Lipinski definition) is 4. The average Bonchev–Trinajstić information content (AvgIpc) is 2.81. The van der Waals surface area contributed by atoms with Gasteiger partial charge in [0.2, 0.25) is 0 Å². The Morgan fingerprint density at radius 3 is 2.55 bits per heavy atom. The summed E-state index contributed by atoms with van der Waals surface area (Å²) >= 11 is 0. The largest absolute Gasteiger partial charge is 0.332 e. The molecule has 0 saturated heterocycles. The van der Waals surface area contributed by atoms with Gasteiger partial charge in [-0.15, -0.1) is 0 Å². The van der Waals surface area contributed by atoms with Gasteiger partial charge in [-0.05, 0) is 12.8 Å². The Hall–Kier alpha value is -0.920. The topological polar surface area (TPSA) is 101 Å². The summed E-state index contributed by atoms with van der Waals surface area (Å²) in [4.78, 5) is 6.84. The van der Waals surface area contributed by atoms with Gasteiger partial charge in [-0.25, -0.2) is 18.1 Å². The summed E-state index contributed by atoms with van der Waals surface area (Å²) in [7, 11) is -3.55. The standard InChI is InChI=1S/C13H24N4O2S/c1-2-11-15-9-12(17-11)20(18,19)16-10-13(14)7-5-3-4-6-8-13/h9,16H,2-8,10,14H2,1H3,(H,15,17). The van der Waals surface area contributed by atoms with Gasteiger partial charge in [-0.3, -0.25) is 0 Å². The predicted molar refractivity (Wildman–Crippen MR) is 77.8 cm³/mol. The number of H-pyrrole nitrogens is 1. The van der Waals surface area contributed by atoms with E-state index < -0.39 is 15.6 Å². The van der Waals surface area contributed by atoms with E-state index in [4.69, 9.17) is 5.73 Å². The van der Waals surface area contributed by atoms with E-state index in [0.29, 0.717) is 12.2 Å². The first-order chi connectivity index (χ1) is 9.45. The van der Waals surface area contributed by atoms with Crippen molar-refractivity contribution in [3.05, 3.63) is 12.0 Å². The molecule has 1 saturated carbocycles. The zero-order chi connectivity index (χ0) is 14.6. The number of nitrogens with zero attached hydrogens (tertiary/aromatic N) is 1. The second kappa shape index (κ2) is 6.24. The molecule has 1 heterocycles. The van der Waals surface area contributed by atoms with Gasteiger partial charge < -0.3 is 10.7 Å². The molecule has 1 aromatic rings. The minimum Gasteiger partial charge on any atom is -0.332 e. The number of nitrogens with two attached hydrogens (primary N) is 1. The molecule has 1 aromatic heterocycles. The fourth-order valence-corrected chi connectivity index (χ4v) is 3.66. The highest BCUT2D eigenvalue weighted by atomic mass is 32.2. The van der Waals surface area contributed by atoms with Crippen LogP contribution in [0.2, 0.25) is 0 Å². The zero-order valence-electron chi connectivity index (χ0n) is 12.0. The van der Waals surface area contributed by atoms with Crippen LogP contribution in [0, 0.1) is 0 Å². The molecule has 0 amide bonds. The normalized spacial score (nSPS) is 19.7. The van der Waals surface area contributed by atoms with Crippen molar-refractivity contribution >= 4 is 10.0 Å². The summed E-state index contributed by atoms with van der Waals surface area (Å²) < 4.78 is 27.0. The smallest absolute Gasteiger partial charge is 0.257 e. The molecule has 0 aliphatic heterocycles. The minimum atomic E-state index is -3.55. The molecule has 0 spiro atoms. The Bertz CT molecular complexity index is 530. The van der Waals surface area contributed by atoms with Crippen LogP contribution >= 0.6 is 0 Å². The van der Waals surface area contributed by atoms with E-state index in [1.165, 1.54) is 19.0 Å². The van der Waals surface area contributed by atoms with Gasteiger partial charge >= 0.3 is 0 Å². The number of rotatable bonds is 5.